The number of hydrogen-bond acceptors (Lipinski definition) is 3. The van der Waals surface area contributed by atoms with Gasteiger partial charge in [0.1, 0.15) is 0 Å². The van der Waals surface area contributed by atoms with Gasteiger partial charge in [0.2, 0.25) is 0 Å². The predicted octanol–water partition coefficient (Wildman–Crippen LogP) is 5.11. The van der Waals surface area contributed by atoms with Crippen LogP contribution in [0.5, 0.6) is 0 Å². The summed E-state index contributed by atoms with van der Waals surface area (Å²) in [6.45, 7) is 6.71. The van der Waals surface area contributed by atoms with Gasteiger partial charge in [0, 0.05) is 12.8 Å². The van der Waals surface area contributed by atoms with Crippen molar-refractivity contribution in [1.29, 1.82) is 0 Å². The fraction of sp³-hybridized carbons (Fsp3) is 0.208. The zero-order valence-electron chi connectivity index (χ0n) is 16.9. The second kappa shape index (κ2) is 7.48. The lowest BCUT2D eigenvalue weighted by Gasteiger charge is -2.19. The Balaban J connectivity index is 1.59. The van der Waals surface area contributed by atoms with Crippen LogP contribution in [0.3, 0.4) is 0 Å². The van der Waals surface area contributed by atoms with E-state index in [1.807, 2.05) is 30.5 Å². The summed E-state index contributed by atoms with van der Waals surface area (Å²) >= 11 is 0. The first-order chi connectivity index (χ1) is 13.9. The molecule has 0 aromatic heterocycles. The van der Waals surface area contributed by atoms with Crippen molar-refractivity contribution in [3.8, 4) is 0 Å². The van der Waals surface area contributed by atoms with Gasteiger partial charge in [-0.15, -0.1) is 0 Å². The first-order valence-corrected chi connectivity index (χ1v) is 11.1. The first-order valence-electron chi connectivity index (χ1n) is 9.69. The molecule has 0 atom stereocenters. The average Bonchev–Trinajstić information content (AvgIpc) is 3.12. The Morgan fingerprint density at radius 2 is 1.59 bits per heavy atom. The van der Waals surface area contributed by atoms with E-state index in [-0.39, 0.29) is 4.90 Å². The van der Waals surface area contributed by atoms with Crippen LogP contribution in [0.15, 0.2) is 70.6 Å². The van der Waals surface area contributed by atoms with E-state index >= 15 is 0 Å². The van der Waals surface area contributed by atoms with Crippen LogP contribution >= 0.6 is 0 Å². The smallest absolute Gasteiger partial charge is 0.264 e. The zero-order valence-corrected chi connectivity index (χ0v) is 17.7. The Labute approximate surface area is 172 Å². The molecule has 0 amide bonds. The van der Waals surface area contributed by atoms with E-state index in [2.05, 4.69) is 37.9 Å². The minimum atomic E-state index is -3.57. The van der Waals surface area contributed by atoms with E-state index in [0.29, 0.717) is 6.54 Å². The molecule has 3 aromatic rings. The van der Waals surface area contributed by atoms with E-state index in [9.17, 15) is 8.42 Å². The molecular formula is C24H24N2O2S. The Hall–Kier alpha value is -2.92. The summed E-state index contributed by atoms with van der Waals surface area (Å²) in [4.78, 5) is 4.84. The topological polar surface area (TPSA) is 49.7 Å². The van der Waals surface area contributed by atoms with Gasteiger partial charge >= 0.3 is 0 Å². The van der Waals surface area contributed by atoms with E-state index in [0.717, 1.165) is 28.9 Å². The lowest BCUT2D eigenvalue weighted by molar-refractivity contribution is 0.592. The molecule has 4 rings (SSSR count). The van der Waals surface area contributed by atoms with Crippen LogP contribution in [0.2, 0.25) is 0 Å². The monoisotopic (exact) mass is 404 g/mol. The Morgan fingerprint density at radius 3 is 2.28 bits per heavy atom. The van der Waals surface area contributed by atoms with Crippen molar-refractivity contribution >= 4 is 27.6 Å². The number of aryl methyl sites for hydroxylation is 3. The van der Waals surface area contributed by atoms with Gasteiger partial charge < -0.3 is 0 Å². The van der Waals surface area contributed by atoms with Crippen LogP contribution in [0.25, 0.3) is 0 Å². The summed E-state index contributed by atoms with van der Waals surface area (Å²) in [6, 6.07) is 18.7. The van der Waals surface area contributed by atoms with E-state index in [1.165, 1.54) is 21.0 Å². The first kappa shape index (κ1) is 19.4. The maximum Gasteiger partial charge on any atom is 0.264 e. The van der Waals surface area contributed by atoms with Crippen molar-refractivity contribution in [3.05, 3.63) is 88.5 Å². The third-order valence-electron chi connectivity index (χ3n) is 5.35. The number of rotatable bonds is 4. The van der Waals surface area contributed by atoms with Crippen molar-refractivity contribution in [2.24, 2.45) is 4.99 Å². The van der Waals surface area contributed by atoms with Gasteiger partial charge in [-0.25, -0.2) is 8.42 Å². The fourth-order valence-corrected chi connectivity index (χ4v) is 5.43. The van der Waals surface area contributed by atoms with Gasteiger partial charge in [-0.05, 0) is 79.8 Å². The molecule has 0 bridgehead atoms. The van der Waals surface area contributed by atoms with Gasteiger partial charge in [0.15, 0.2) is 0 Å². The maximum absolute atomic E-state index is 13.1. The molecule has 0 saturated heterocycles. The highest BCUT2D eigenvalue weighted by Gasteiger charge is 2.30. The lowest BCUT2D eigenvalue weighted by Crippen LogP contribution is -2.29. The Morgan fingerprint density at radius 1 is 0.931 bits per heavy atom. The van der Waals surface area contributed by atoms with Crippen LogP contribution in [-0.4, -0.2) is 21.2 Å². The average molecular weight is 405 g/mol. The molecule has 0 fully saturated rings. The quantitative estimate of drug-likeness (QED) is 0.567. The molecule has 5 heteroatoms. The standard InChI is InChI=1S/C24H24N2O2S/c1-17-14-18(2)23(19(3)15-17)16-25-21-8-10-22(11-9-21)29(27,28)26-13-12-20-6-4-5-7-24(20)26/h4-11,14-16H,12-13H2,1-3H3. The summed E-state index contributed by atoms with van der Waals surface area (Å²) in [5.41, 5.74) is 7.26. The maximum atomic E-state index is 13.1. The number of anilines is 1. The Kier molecular flexibility index (Phi) is 5.01. The number of nitrogens with zero attached hydrogens (tertiary/aromatic N) is 2. The molecule has 29 heavy (non-hydrogen) atoms. The molecular weight excluding hydrogens is 380 g/mol. The number of para-hydroxylation sites is 1. The molecule has 0 saturated carbocycles. The summed E-state index contributed by atoms with van der Waals surface area (Å²) in [7, 11) is -3.57. The zero-order chi connectivity index (χ0) is 20.6. The van der Waals surface area contributed by atoms with E-state index < -0.39 is 10.0 Å². The van der Waals surface area contributed by atoms with Gasteiger partial charge in [-0.1, -0.05) is 35.9 Å². The molecule has 1 aliphatic heterocycles. The summed E-state index contributed by atoms with van der Waals surface area (Å²) in [5.74, 6) is 0. The molecule has 0 spiro atoms. The SMILES string of the molecule is Cc1cc(C)c(C=Nc2ccc(S(=O)(=O)N3CCc4ccccc43)cc2)c(C)c1. The molecule has 0 unspecified atom stereocenters. The van der Waals surface area contributed by atoms with Crippen LogP contribution in [-0.2, 0) is 16.4 Å². The highest BCUT2D eigenvalue weighted by atomic mass is 32.2. The second-order valence-electron chi connectivity index (χ2n) is 7.52. The molecule has 1 heterocycles. The van der Waals surface area contributed by atoms with Crippen LogP contribution in [0.4, 0.5) is 11.4 Å². The molecule has 3 aromatic carbocycles. The summed E-state index contributed by atoms with van der Waals surface area (Å²) < 4.78 is 27.7. The van der Waals surface area contributed by atoms with Crippen LogP contribution in [0, 0.1) is 20.8 Å². The molecule has 0 aliphatic carbocycles. The van der Waals surface area contributed by atoms with Gasteiger partial charge in [-0.2, -0.15) is 0 Å². The number of aliphatic imine (C=N–C) groups is 1. The third-order valence-corrected chi connectivity index (χ3v) is 7.18. The van der Waals surface area contributed by atoms with Crippen LogP contribution in [0.1, 0.15) is 27.8 Å². The fourth-order valence-electron chi connectivity index (χ4n) is 3.92. The highest BCUT2D eigenvalue weighted by molar-refractivity contribution is 7.92. The highest BCUT2D eigenvalue weighted by Crippen LogP contribution is 2.33. The van der Waals surface area contributed by atoms with Gasteiger partial charge in [0.25, 0.3) is 10.0 Å². The van der Waals surface area contributed by atoms with Crippen molar-refractivity contribution < 1.29 is 8.42 Å². The summed E-state index contributed by atoms with van der Waals surface area (Å²) in [5, 5.41) is 0. The Bertz CT molecular complexity index is 1170. The minimum Gasteiger partial charge on any atom is -0.266 e. The number of benzene rings is 3. The van der Waals surface area contributed by atoms with Gasteiger partial charge in [0.05, 0.1) is 16.3 Å². The van der Waals surface area contributed by atoms with Crippen molar-refractivity contribution in [3.63, 3.8) is 0 Å². The predicted molar refractivity (Wildman–Crippen MR) is 119 cm³/mol. The second-order valence-corrected chi connectivity index (χ2v) is 9.38. The molecule has 148 valence electrons. The molecule has 4 nitrogen and oxygen atoms in total. The lowest BCUT2D eigenvalue weighted by atomic mass is 10.0. The van der Waals surface area contributed by atoms with E-state index in [1.54, 1.807) is 24.3 Å². The molecule has 0 N–H and O–H groups in total. The van der Waals surface area contributed by atoms with Crippen LogP contribution < -0.4 is 4.31 Å². The van der Waals surface area contributed by atoms with E-state index in [4.69, 9.17) is 0 Å². The largest absolute Gasteiger partial charge is 0.266 e. The third kappa shape index (κ3) is 3.70. The normalized spacial score (nSPS) is 13.8. The van der Waals surface area contributed by atoms with Crippen molar-refractivity contribution in [1.82, 2.24) is 0 Å². The van der Waals surface area contributed by atoms with Crippen molar-refractivity contribution in [2.75, 3.05) is 10.8 Å². The number of sulfonamides is 1. The number of hydrogen-bond donors (Lipinski definition) is 0. The summed E-state index contributed by atoms with van der Waals surface area (Å²) in [6.07, 6.45) is 2.59. The van der Waals surface area contributed by atoms with Crippen molar-refractivity contribution in [2.45, 2.75) is 32.1 Å². The molecule has 1 aliphatic rings. The van der Waals surface area contributed by atoms with Gasteiger partial charge in [-0.3, -0.25) is 9.30 Å². The molecule has 0 radical (unpaired) electrons. The minimum absolute atomic E-state index is 0.288. The number of fused-ring (bicyclic) bond motifs is 1.